The number of unbranched alkanes of at least 4 members (excludes halogenated alkanes) is 5. The Hall–Kier alpha value is -0.220. The van der Waals surface area contributed by atoms with Gasteiger partial charge in [-0.15, -0.1) is 0 Å². The van der Waals surface area contributed by atoms with E-state index in [0.29, 0.717) is 6.61 Å². The molecule has 0 bridgehead atoms. The minimum atomic E-state index is 0.119. The summed E-state index contributed by atoms with van der Waals surface area (Å²) in [6.07, 6.45) is 7.44. The second-order valence-corrected chi connectivity index (χ2v) is 3.63. The summed E-state index contributed by atoms with van der Waals surface area (Å²) in [5, 5.41) is 12.3. The first-order chi connectivity index (χ1) is 6.31. The van der Waals surface area contributed by atoms with Gasteiger partial charge in [0.25, 0.3) is 5.23 Å². The molecule has 0 aromatic rings. The number of hydrogen-bond acceptors (Lipinski definition) is 4. The van der Waals surface area contributed by atoms with Gasteiger partial charge >= 0.3 is 0 Å². The molecule has 0 aliphatic carbocycles. The molecule has 0 aromatic heterocycles. The summed E-state index contributed by atoms with van der Waals surface area (Å²) < 4.78 is 5.02. The Morgan fingerprint density at radius 3 is 2.46 bits per heavy atom. The second-order valence-electron chi connectivity index (χ2n) is 3.02. The zero-order valence-corrected chi connectivity index (χ0v) is 9.16. The molecule has 0 saturated carbocycles. The smallest absolute Gasteiger partial charge is 0.258 e. The van der Waals surface area contributed by atoms with Crippen molar-refractivity contribution in [3.8, 4) is 0 Å². The second kappa shape index (κ2) is 9.86. The summed E-state index contributed by atoms with van der Waals surface area (Å²) in [7, 11) is 0. The fourth-order valence-corrected chi connectivity index (χ4v) is 1.23. The predicted octanol–water partition coefficient (Wildman–Crippen LogP) is 2.91. The summed E-state index contributed by atoms with van der Waals surface area (Å²) in [6.45, 7) is 2.85. The predicted molar refractivity (Wildman–Crippen MR) is 58.8 cm³/mol. The molecule has 0 aliphatic heterocycles. The molecule has 0 fully saturated rings. The monoisotopic (exact) mass is 204 g/mol. The highest BCUT2D eigenvalue weighted by atomic mass is 32.2. The van der Waals surface area contributed by atoms with Crippen molar-refractivity contribution in [3.63, 3.8) is 0 Å². The largest absolute Gasteiger partial charge is 0.472 e. The molecular weight excluding hydrogens is 184 g/mol. The van der Waals surface area contributed by atoms with Gasteiger partial charge in [0.05, 0.1) is 6.61 Å². The molecule has 0 aromatic carbocycles. The third kappa shape index (κ3) is 9.70. The fourth-order valence-electron chi connectivity index (χ4n) is 1.08. The van der Waals surface area contributed by atoms with Crippen LogP contribution in [0.15, 0.2) is 0 Å². The molecule has 0 radical (unpaired) electrons. The molecule has 0 heterocycles. The van der Waals surface area contributed by atoms with Gasteiger partial charge in [0.2, 0.25) is 0 Å². The average Bonchev–Trinajstić information content (AvgIpc) is 2.16. The summed E-state index contributed by atoms with van der Waals surface area (Å²) in [4.78, 5) is 0. The lowest BCUT2D eigenvalue weighted by molar-refractivity contribution is 0.298. The normalized spacial score (nSPS) is 10.0. The van der Waals surface area contributed by atoms with Crippen LogP contribution in [0.2, 0.25) is 0 Å². The van der Waals surface area contributed by atoms with Crippen LogP contribution in [0.1, 0.15) is 45.4 Å². The Labute approximate surface area is 85.1 Å². The van der Waals surface area contributed by atoms with E-state index in [4.69, 9.17) is 15.3 Å². The van der Waals surface area contributed by atoms with Crippen LogP contribution in [0.25, 0.3) is 0 Å². The van der Waals surface area contributed by atoms with E-state index >= 15 is 0 Å². The molecule has 0 unspecified atom stereocenters. The molecule has 4 heteroatoms. The first-order valence-electron chi connectivity index (χ1n) is 4.89. The number of ether oxygens (including phenoxy) is 1. The lowest BCUT2D eigenvalue weighted by atomic mass is 10.1. The van der Waals surface area contributed by atoms with E-state index in [1.807, 2.05) is 0 Å². The molecule has 78 valence electrons. The number of nitrogens with one attached hydrogen (secondary N) is 1. The van der Waals surface area contributed by atoms with Crippen LogP contribution in [-0.2, 0) is 4.74 Å². The lowest BCUT2D eigenvalue weighted by Gasteiger charge is -2.03. The van der Waals surface area contributed by atoms with Crippen LogP contribution < -0.4 is 5.14 Å². The molecule has 0 atom stereocenters. The highest BCUT2D eigenvalue weighted by Crippen LogP contribution is 2.05. The highest BCUT2D eigenvalue weighted by Gasteiger charge is 1.94. The van der Waals surface area contributed by atoms with E-state index < -0.39 is 0 Å². The molecule has 3 N–H and O–H groups in total. The summed E-state index contributed by atoms with van der Waals surface area (Å²) >= 11 is 0.858. The van der Waals surface area contributed by atoms with Crippen LogP contribution in [0.3, 0.4) is 0 Å². The lowest BCUT2D eigenvalue weighted by Crippen LogP contribution is -2.02. The van der Waals surface area contributed by atoms with Gasteiger partial charge in [0.15, 0.2) is 0 Å². The summed E-state index contributed by atoms with van der Waals surface area (Å²) in [6, 6.07) is 0. The van der Waals surface area contributed by atoms with E-state index in [1.165, 1.54) is 32.1 Å². The minimum Gasteiger partial charge on any atom is -0.472 e. The molecular formula is C9H20N2OS. The maximum atomic E-state index is 7.10. The molecule has 0 amide bonds. The molecule has 0 saturated heterocycles. The van der Waals surface area contributed by atoms with Gasteiger partial charge in [-0.05, 0) is 6.42 Å². The maximum Gasteiger partial charge on any atom is 0.258 e. The standard InChI is InChI=1S/C9H20N2OS/c1-2-3-4-5-6-7-8-12-9(10)13-11/h10H,2-8,11H2,1H3. The zero-order chi connectivity index (χ0) is 9.94. The van der Waals surface area contributed by atoms with Crippen LogP contribution in [-0.4, -0.2) is 11.8 Å². The Morgan fingerprint density at radius 1 is 1.23 bits per heavy atom. The number of hydrogen-bond donors (Lipinski definition) is 2. The van der Waals surface area contributed by atoms with E-state index in [-0.39, 0.29) is 5.23 Å². The van der Waals surface area contributed by atoms with Gasteiger partial charge in [-0.2, -0.15) is 0 Å². The Bertz CT molecular complexity index is 131. The van der Waals surface area contributed by atoms with Crippen molar-refractivity contribution >= 4 is 17.2 Å². The van der Waals surface area contributed by atoms with Crippen LogP contribution in [0.4, 0.5) is 0 Å². The summed E-state index contributed by atoms with van der Waals surface area (Å²) in [5.74, 6) is 0. The van der Waals surface area contributed by atoms with E-state index in [0.717, 1.165) is 18.4 Å². The van der Waals surface area contributed by atoms with Crippen molar-refractivity contribution in [1.29, 1.82) is 5.41 Å². The van der Waals surface area contributed by atoms with Crippen molar-refractivity contribution in [3.05, 3.63) is 0 Å². The summed E-state index contributed by atoms with van der Waals surface area (Å²) in [5.41, 5.74) is 0. The average molecular weight is 204 g/mol. The molecule has 0 rings (SSSR count). The first-order valence-corrected chi connectivity index (χ1v) is 5.77. The zero-order valence-electron chi connectivity index (χ0n) is 8.34. The fraction of sp³-hybridized carbons (Fsp3) is 0.889. The SMILES string of the molecule is CCCCCCCCOC(=N)SN. The van der Waals surface area contributed by atoms with Gasteiger partial charge in [-0.1, -0.05) is 39.0 Å². The van der Waals surface area contributed by atoms with E-state index in [9.17, 15) is 0 Å². The van der Waals surface area contributed by atoms with Crippen molar-refractivity contribution in [2.24, 2.45) is 5.14 Å². The minimum absolute atomic E-state index is 0.119. The van der Waals surface area contributed by atoms with Gasteiger partial charge < -0.3 is 4.74 Å². The quantitative estimate of drug-likeness (QED) is 0.290. The van der Waals surface area contributed by atoms with Crippen molar-refractivity contribution < 1.29 is 4.74 Å². The highest BCUT2D eigenvalue weighted by molar-refractivity contribution is 8.11. The van der Waals surface area contributed by atoms with Gasteiger partial charge in [0, 0.05) is 11.9 Å². The van der Waals surface area contributed by atoms with E-state index in [1.54, 1.807) is 0 Å². The van der Waals surface area contributed by atoms with Gasteiger partial charge in [-0.25, -0.2) is 0 Å². The first kappa shape index (κ1) is 12.8. The Balaban J connectivity index is 2.95. The van der Waals surface area contributed by atoms with E-state index in [2.05, 4.69) is 6.92 Å². The van der Waals surface area contributed by atoms with Crippen LogP contribution in [0, 0.1) is 5.41 Å². The van der Waals surface area contributed by atoms with Gasteiger partial charge in [0.1, 0.15) is 0 Å². The topological polar surface area (TPSA) is 59.1 Å². The Morgan fingerprint density at radius 2 is 1.85 bits per heavy atom. The van der Waals surface area contributed by atoms with Crippen molar-refractivity contribution in [2.45, 2.75) is 45.4 Å². The number of rotatable bonds is 7. The third-order valence-corrected chi connectivity index (χ3v) is 2.17. The molecule has 13 heavy (non-hydrogen) atoms. The Kier molecular flexibility index (Phi) is 9.70. The van der Waals surface area contributed by atoms with Gasteiger partial charge in [-0.3, -0.25) is 10.5 Å². The van der Waals surface area contributed by atoms with Crippen molar-refractivity contribution in [2.75, 3.05) is 6.61 Å². The molecule has 0 spiro atoms. The maximum absolute atomic E-state index is 7.10. The van der Waals surface area contributed by atoms with Crippen LogP contribution in [0.5, 0.6) is 0 Å². The van der Waals surface area contributed by atoms with Crippen LogP contribution >= 0.6 is 11.9 Å². The van der Waals surface area contributed by atoms with Crippen molar-refractivity contribution in [1.82, 2.24) is 0 Å². The molecule has 0 aliphatic rings. The third-order valence-electron chi connectivity index (χ3n) is 1.84. The molecule has 3 nitrogen and oxygen atoms in total. The number of nitrogens with two attached hydrogens (primary N) is 1.